The molecule has 8 nitrogen and oxygen atoms in total. The average molecular weight is 570 g/mol. The molecule has 42 heavy (non-hydrogen) atoms. The number of amides is 1. The van der Waals surface area contributed by atoms with Crippen molar-refractivity contribution in [2.24, 2.45) is 0 Å². The molecule has 1 atom stereocenters. The monoisotopic (exact) mass is 569 g/mol. The van der Waals surface area contributed by atoms with Crippen LogP contribution in [0, 0.1) is 11.6 Å². The van der Waals surface area contributed by atoms with Gasteiger partial charge < -0.3 is 14.2 Å². The highest BCUT2D eigenvalue weighted by molar-refractivity contribution is 5.95. The first-order chi connectivity index (χ1) is 20.2. The fourth-order valence-electron chi connectivity index (χ4n) is 5.73. The number of nitrogens with zero attached hydrogens (tertiary/aromatic N) is 5. The smallest absolute Gasteiger partial charge is 0.355 e. The summed E-state index contributed by atoms with van der Waals surface area (Å²) < 4.78 is 38.2. The van der Waals surface area contributed by atoms with Gasteiger partial charge in [-0.15, -0.1) is 0 Å². The Labute approximate surface area is 240 Å². The van der Waals surface area contributed by atoms with Crippen molar-refractivity contribution in [3.05, 3.63) is 95.1 Å². The Morgan fingerprint density at radius 1 is 1.10 bits per heavy atom. The Hall–Kier alpha value is -4.86. The number of hydrogen-bond acceptors (Lipinski definition) is 6. The molecule has 5 aromatic rings. The Balaban J connectivity index is 1.64. The number of aromatic nitrogens is 3. The second-order valence-electron chi connectivity index (χ2n) is 10.7. The first-order valence-corrected chi connectivity index (χ1v) is 13.8. The second kappa shape index (κ2) is 10.5. The van der Waals surface area contributed by atoms with E-state index in [1.54, 1.807) is 29.2 Å². The van der Waals surface area contributed by atoms with Gasteiger partial charge in [-0.3, -0.25) is 4.79 Å². The van der Waals surface area contributed by atoms with E-state index in [0.717, 1.165) is 5.56 Å². The van der Waals surface area contributed by atoms with E-state index in [0.29, 0.717) is 30.7 Å². The number of halogens is 2. The highest BCUT2D eigenvalue weighted by Crippen LogP contribution is 2.36. The molecule has 0 unspecified atom stereocenters. The minimum Gasteiger partial charge on any atom is -0.464 e. The summed E-state index contributed by atoms with van der Waals surface area (Å²) in [5.74, 6) is -1.38. The normalized spacial score (nSPS) is 15.6. The number of furan rings is 1. The van der Waals surface area contributed by atoms with Gasteiger partial charge in [0, 0.05) is 31.1 Å². The molecule has 214 valence electrons. The van der Waals surface area contributed by atoms with Crippen LogP contribution in [0.3, 0.4) is 0 Å². The molecule has 0 N–H and O–H groups in total. The lowest BCUT2D eigenvalue weighted by Crippen LogP contribution is -2.54. The van der Waals surface area contributed by atoms with Crippen LogP contribution in [-0.2, 0) is 4.79 Å². The molecule has 10 heteroatoms. The molecule has 0 spiro atoms. The van der Waals surface area contributed by atoms with Crippen LogP contribution in [0.25, 0.3) is 38.9 Å². The van der Waals surface area contributed by atoms with Crippen LogP contribution in [0.4, 0.5) is 14.6 Å². The van der Waals surface area contributed by atoms with Gasteiger partial charge in [-0.2, -0.15) is 4.98 Å². The quantitative estimate of drug-likeness (QED) is 0.248. The van der Waals surface area contributed by atoms with E-state index in [9.17, 15) is 9.59 Å². The molecule has 6 rings (SSSR count). The molecule has 1 saturated heterocycles. The van der Waals surface area contributed by atoms with Gasteiger partial charge in [0.15, 0.2) is 11.5 Å². The standard InChI is InChI=1S/C32H29F2N5O3/c1-5-26(40)37-13-14-38(19(4)17-37)30-22-16-24(34)28(27-23(33)11-10-20-12-15-42-29(20)27)35-31(22)39(32(41)36-30)25-9-7-6-8-21(25)18(2)3/h5-12,15-16,18-19H,1,13-14,17H2,2-4H3/t19-/m0/s1. The molecular formula is C32H29F2N5O3. The lowest BCUT2D eigenvalue weighted by atomic mass is 10.0. The summed E-state index contributed by atoms with van der Waals surface area (Å²) in [6.45, 7) is 10.6. The first kappa shape index (κ1) is 27.3. The third-order valence-electron chi connectivity index (χ3n) is 7.79. The van der Waals surface area contributed by atoms with Gasteiger partial charge in [0.05, 0.1) is 22.9 Å². The van der Waals surface area contributed by atoms with Gasteiger partial charge >= 0.3 is 5.69 Å². The number of carbonyl (C=O) groups is 1. The lowest BCUT2D eigenvalue weighted by molar-refractivity contribution is -0.126. The predicted octanol–water partition coefficient (Wildman–Crippen LogP) is 5.82. The fraction of sp³-hybridized carbons (Fsp3) is 0.250. The molecule has 1 aliphatic heterocycles. The largest absolute Gasteiger partial charge is 0.464 e. The van der Waals surface area contributed by atoms with Crippen LogP contribution in [0.2, 0.25) is 0 Å². The van der Waals surface area contributed by atoms with Crippen LogP contribution in [0.15, 0.2) is 76.7 Å². The zero-order valence-corrected chi connectivity index (χ0v) is 23.5. The molecule has 0 aliphatic carbocycles. The summed E-state index contributed by atoms with van der Waals surface area (Å²) in [6.07, 6.45) is 2.67. The van der Waals surface area contributed by atoms with Gasteiger partial charge in [0.1, 0.15) is 22.9 Å². The summed E-state index contributed by atoms with van der Waals surface area (Å²) in [4.78, 5) is 38.8. The number of para-hydroxylation sites is 1. The zero-order valence-electron chi connectivity index (χ0n) is 23.5. The molecule has 0 radical (unpaired) electrons. The second-order valence-corrected chi connectivity index (χ2v) is 10.7. The number of benzene rings is 2. The minimum absolute atomic E-state index is 0.0487. The number of fused-ring (bicyclic) bond motifs is 2. The van der Waals surface area contributed by atoms with Crippen LogP contribution in [-0.4, -0.2) is 51.0 Å². The van der Waals surface area contributed by atoms with Crippen LogP contribution < -0.4 is 10.6 Å². The van der Waals surface area contributed by atoms with E-state index < -0.39 is 17.3 Å². The number of anilines is 1. The van der Waals surface area contributed by atoms with E-state index in [1.165, 1.54) is 29.0 Å². The third-order valence-corrected chi connectivity index (χ3v) is 7.79. The number of hydrogen-bond donors (Lipinski definition) is 0. The highest BCUT2D eigenvalue weighted by Gasteiger charge is 2.30. The summed E-state index contributed by atoms with van der Waals surface area (Å²) >= 11 is 0. The number of carbonyl (C=O) groups excluding carboxylic acids is 1. The van der Waals surface area contributed by atoms with Crippen molar-refractivity contribution in [2.75, 3.05) is 24.5 Å². The Bertz CT molecular complexity index is 1930. The minimum atomic E-state index is -0.788. The first-order valence-electron chi connectivity index (χ1n) is 13.8. The molecule has 1 amide bonds. The molecule has 0 bridgehead atoms. The van der Waals surface area contributed by atoms with Crippen molar-refractivity contribution in [3.63, 3.8) is 0 Å². The molecule has 4 heterocycles. The fourth-order valence-corrected chi connectivity index (χ4v) is 5.73. The Morgan fingerprint density at radius 3 is 2.62 bits per heavy atom. The van der Waals surface area contributed by atoms with E-state index >= 15 is 8.78 Å². The molecular weight excluding hydrogens is 540 g/mol. The van der Waals surface area contributed by atoms with E-state index in [-0.39, 0.29) is 51.6 Å². The van der Waals surface area contributed by atoms with Crippen molar-refractivity contribution in [1.82, 2.24) is 19.4 Å². The van der Waals surface area contributed by atoms with E-state index in [2.05, 4.69) is 16.5 Å². The van der Waals surface area contributed by atoms with E-state index in [1.807, 2.05) is 37.8 Å². The molecule has 3 aromatic heterocycles. The maximum Gasteiger partial charge on any atom is 0.355 e. The van der Waals surface area contributed by atoms with Crippen LogP contribution in [0.5, 0.6) is 0 Å². The molecule has 1 fully saturated rings. The van der Waals surface area contributed by atoms with Crippen molar-refractivity contribution in [2.45, 2.75) is 32.7 Å². The zero-order chi connectivity index (χ0) is 29.7. The number of rotatable bonds is 5. The Morgan fingerprint density at radius 2 is 1.88 bits per heavy atom. The summed E-state index contributed by atoms with van der Waals surface area (Å²) in [5, 5.41) is 0.878. The van der Waals surface area contributed by atoms with Crippen molar-refractivity contribution >= 4 is 33.7 Å². The average Bonchev–Trinajstić information content (AvgIpc) is 3.45. The summed E-state index contributed by atoms with van der Waals surface area (Å²) in [7, 11) is 0. The lowest BCUT2D eigenvalue weighted by Gasteiger charge is -2.40. The van der Waals surface area contributed by atoms with Crippen molar-refractivity contribution in [1.29, 1.82) is 0 Å². The third kappa shape index (κ3) is 4.43. The number of pyridine rings is 1. The predicted molar refractivity (Wildman–Crippen MR) is 158 cm³/mol. The molecule has 1 aliphatic rings. The van der Waals surface area contributed by atoms with Crippen LogP contribution >= 0.6 is 0 Å². The van der Waals surface area contributed by atoms with Gasteiger partial charge in [0.2, 0.25) is 5.91 Å². The summed E-state index contributed by atoms with van der Waals surface area (Å²) in [5.41, 5.74) is 0.699. The highest BCUT2D eigenvalue weighted by atomic mass is 19.1. The maximum absolute atomic E-state index is 16.1. The van der Waals surface area contributed by atoms with E-state index in [4.69, 9.17) is 4.42 Å². The van der Waals surface area contributed by atoms with Gasteiger partial charge in [0.25, 0.3) is 0 Å². The Kier molecular flexibility index (Phi) is 6.84. The SMILES string of the molecule is C=CC(=O)N1CCN(c2nc(=O)n(-c3ccccc3C(C)C)c3nc(-c4c(F)ccc5ccoc45)c(F)cc23)[C@@H](C)C1. The molecule has 2 aromatic carbocycles. The van der Waals surface area contributed by atoms with Gasteiger partial charge in [-0.05, 0) is 54.8 Å². The van der Waals surface area contributed by atoms with Crippen molar-refractivity contribution in [3.8, 4) is 16.9 Å². The number of piperazine rings is 1. The maximum atomic E-state index is 16.1. The molecule has 0 saturated carbocycles. The topological polar surface area (TPSA) is 84.5 Å². The van der Waals surface area contributed by atoms with Crippen LogP contribution in [0.1, 0.15) is 32.3 Å². The summed E-state index contributed by atoms with van der Waals surface area (Å²) in [6, 6.07) is 12.8. The van der Waals surface area contributed by atoms with Gasteiger partial charge in [-0.25, -0.2) is 23.1 Å². The van der Waals surface area contributed by atoms with Gasteiger partial charge in [-0.1, -0.05) is 38.6 Å². The van der Waals surface area contributed by atoms with Crippen molar-refractivity contribution < 1.29 is 18.0 Å².